The standard InChI is InChI=1S/C20H25BrN2O5S/c1-13-10-15(6-8-18(13)21)23(29(5,25)26)12-20(24)22-14(2)17-11-16(27-3)7-9-19(17)28-4/h6-11,14H,12H2,1-5H3,(H,22,24)/t14-/m1/s1. The van der Waals surface area contributed by atoms with Gasteiger partial charge in [0.1, 0.15) is 18.0 Å². The van der Waals surface area contributed by atoms with Crippen LogP contribution >= 0.6 is 15.9 Å². The van der Waals surface area contributed by atoms with Crippen molar-refractivity contribution in [3.8, 4) is 11.5 Å². The van der Waals surface area contributed by atoms with E-state index in [0.29, 0.717) is 17.2 Å². The van der Waals surface area contributed by atoms with E-state index in [1.165, 1.54) is 0 Å². The number of carbonyl (C=O) groups is 1. The van der Waals surface area contributed by atoms with Gasteiger partial charge in [-0.05, 0) is 55.8 Å². The molecule has 0 bridgehead atoms. The molecule has 0 heterocycles. The second kappa shape index (κ2) is 9.49. The lowest BCUT2D eigenvalue weighted by Gasteiger charge is -2.24. The van der Waals surface area contributed by atoms with Gasteiger partial charge in [-0.2, -0.15) is 0 Å². The molecule has 1 amide bonds. The first-order chi connectivity index (χ1) is 13.6. The van der Waals surface area contributed by atoms with Crippen molar-refractivity contribution in [1.29, 1.82) is 0 Å². The van der Waals surface area contributed by atoms with Crippen molar-refractivity contribution in [3.63, 3.8) is 0 Å². The van der Waals surface area contributed by atoms with Gasteiger partial charge in [0.15, 0.2) is 0 Å². The zero-order valence-electron chi connectivity index (χ0n) is 17.0. The summed E-state index contributed by atoms with van der Waals surface area (Å²) in [4.78, 5) is 12.7. The van der Waals surface area contributed by atoms with Gasteiger partial charge in [-0.25, -0.2) is 8.42 Å². The van der Waals surface area contributed by atoms with Crippen LogP contribution in [0.2, 0.25) is 0 Å². The Hall–Kier alpha value is -2.26. The highest BCUT2D eigenvalue weighted by Gasteiger charge is 2.23. The first kappa shape index (κ1) is 23.0. The van der Waals surface area contributed by atoms with E-state index in [2.05, 4.69) is 21.2 Å². The number of nitrogens with one attached hydrogen (secondary N) is 1. The number of ether oxygens (including phenoxy) is 2. The molecule has 0 spiro atoms. The molecule has 9 heteroatoms. The Labute approximate surface area is 180 Å². The molecule has 1 N–H and O–H groups in total. The maximum absolute atomic E-state index is 12.7. The number of hydrogen-bond acceptors (Lipinski definition) is 5. The third-order valence-electron chi connectivity index (χ3n) is 4.40. The summed E-state index contributed by atoms with van der Waals surface area (Å²) in [5, 5.41) is 2.83. The van der Waals surface area contributed by atoms with Crippen LogP contribution in [0.5, 0.6) is 11.5 Å². The Morgan fingerprint density at radius 2 is 1.86 bits per heavy atom. The lowest BCUT2D eigenvalue weighted by molar-refractivity contribution is -0.120. The number of benzene rings is 2. The summed E-state index contributed by atoms with van der Waals surface area (Å²) >= 11 is 3.39. The zero-order valence-corrected chi connectivity index (χ0v) is 19.4. The zero-order chi connectivity index (χ0) is 21.8. The Bertz CT molecular complexity index is 994. The SMILES string of the molecule is COc1ccc(OC)c([C@@H](C)NC(=O)CN(c2ccc(Br)c(C)c2)S(C)(=O)=O)c1. The van der Waals surface area contributed by atoms with Gasteiger partial charge in [0.25, 0.3) is 0 Å². The van der Waals surface area contributed by atoms with Crippen LogP contribution in [0, 0.1) is 6.92 Å². The lowest BCUT2D eigenvalue weighted by atomic mass is 10.1. The van der Waals surface area contributed by atoms with Crippen LogP contribution in [0.15, 0.2) is 40.9 Å². The molecule has 2 aromatic rings. The number of sulfonamides is 1. The molecule has 0 aliphatic heterocycles. The number of hydrogen-bond donors (Lipinski definition) is 1. The normalized spacial score (nSPS) is 12.2. The number of methoxy groups -OCH3 is 2. The average molecular weight is 485 g/mol. The quantitative estimate of drug-likeness (QED) is 0.620. The fourth-order valence-corrected chi connectivity index (χ4v) is 3.95. The predicted molar refractivity (Wildman–Crippen MR) is 117 cm³/mol. The second-order valence-corrected chi connectivity index (χ2v) is 9.36. The van der Waals surface area contributed by atoms with Crippen LogP contribution in [0.1, 0.15) is 24.1 Å². The van der Waals surface area contributed by atoms with Crippen LogP contribution < -0.4 is 19.1 Å². The van der Waals surface area contributed by atoms with Crippen molar-refractivity contribution >= 4 is 37.5 Å². The van der Waals surface area contributed by atoms with Crippen molar-refractivity contribution in [2.45, 2.75) is 19.9 Å². The van der Waals surface area contributed by atoms with Gasteiger partial charge < -0.3 is 14.8 Å². The molecule has 29 heavy (non-hydrogen) atoms. The maximum Gasteiger partial charge on any atom is 0.241 e. The smallest absolute Gasteiger partial charge is 0.241 e. The highest BCUT2D eigenvalue weighted by atomic mass is 79.9. The molecule has 7 nitrogen and oxygen atoms in total. The Kier molecular flexibility index (Phi) is 7.54. The summed E-state index contributed by atoms with van der Waals surface area (Å²) in [6.07, 6.45) is 1.08. The van der Waals surface area contributed by atoms with Crippen LogP contribution in [0.25, 0.3) is 0 Å². The Morgan fingerprint density at radius 1 is 1.17 bits per heavy atom. The van der Waals surface area contributed by atoms with Crippen molar-refractivity contribution in [1.82, 2.24) is 5.32 Å². The Morgan fingerprint density at radius 3 is 2.41 bits per heavy atom. The molecule has 0 saturated heterocycles. The van der Waals surface area contributed by atoms with E-state index < -0.39 is 22.0 Å². The molecule has 2 aromatic carbocycles. The lowest BCUT2D eigenvalue weighted by Crippen LogP contribution is -2.41. The van der Waals surface area contributed by atoms with Gasteiger partial charge >= 0.3 is 0 Å². The molecule has 0 saturated carbocycles. The maximum atomic E-state index is 12.7. The van der Waals surface area contributed by atoms with E-state index in [1.807, 2.05) is 6.92 Å². The van der Waals surface area contributed by atoms with Gasteiger partial charge in [0, 0.05) is 10.0 Å². The fourth-order valence-electron chi connectivity index (χ4n) is 2.86. The summed E-state index contributed by atoms with van der Waals surface area (Å²) in [6, 6.07) is 10.00. The molecule has 0 aliphatic rings. The highest BCUT2D eigenvalue weighted by Crippen LogP contribution is 2.29. The highest BCUT2D eigenvalue weighted by molar-refractivity contribution is 9.10. The molecule has 2 rings (SSSR count). The Balaban J connectivity index is 2.23. The molecular weight excluding hydrogens is 460 g/mol. The second-order valence-electron chi connectivity index (χ2n) is 6.60. The van der Waals surface area contributed by atoms with E-state index in [0.717, 1.165) is 26.2 Å². The molecule has 0 aromatic heterocycles. The molecule has 0 fully saturated rings. The van der Waals surface area contributed by atoms with Crippen LogP contribution in [-0.2, 0) is 14.8 Å². The predicted octanol–water partition coefficient (Wildman–Crippen LogP) is 3.42. The van der Waals surface area contributed by atoms with E-state index in [9.17, 15) is 13.2 Å². The first-order valence-electron chi connectivity index (χ1n) is 8.82. The number of carbonyl (C=O) groups excluding carboxylic acids is 1. The number of rotatable bonds is 8. The third kappa shape index (κ3) is 5.86. The van der Waals surface area contributed by atoms with Crippen LogP contribution in [0.4, 0.5) is 5.69 Å². The number of aryl methyl sites for hydroxylation is 1. The van der Waals surface area contributed by atoms with Crippen molar-refractivity contribution in [2.75, 3.05) is 31.3 Å². The molecule has 158 valence electrons. The van der Waals surface area contributed by atoms with E-state index in [4.69, 9.17) is 9.47 Å². The van der Waals surface area contributed by atoms with Crippen LogP contribution in [0.3, 0.4) is 0 Å². The summed E-state index contributed by atoms with van der Waals surface area (Å²) < 4.78 is 37.1. The van der Waals surface area contributed by atoms with E-state index in [1.54, 1.807) is 57.5 Å². The monoisotopic (exact) mass is 484 g/mol. The topological polar surface area (TPSA) is 84.9 Å². The van der Waals surface area contributed by atoms with Gasteiger partial charge in [0.05, 0.1) is 32.2 Å². The van der Waals surface area contributed by atoms with Crippen molar-refractivity contribution in [3.05, 3.63) is 52.0 Å². The number of nitrogens with zero attached hydrogens (tertiary/aromatic N) is 1. The summed E-state index contributed by atoms with van der Waals surface area (Å²) in [6.45, 7) is 3.31. The molecule has 0 radical (unpaired) electrons. The van der Waals surface area contributed by atoms with Gasteiger partial charge in [-0.1, -0.05) is 15.9 Å². The molecule has 1 atom stereocenters. The number of halogens is 1. The average Bonchev–Trinajstić information content (AvgIpc) is 2.66. The van der Waals surface area contributed by atoms with Crippen LogP contribution in [-0.4, -0.2) is 41.3 Å². The molecular formula is C20H25BrN2O5S. The largest absolute Gasteiger partial charge is 0.497 e. The minimum Gasteiger partial charge on any atom is -0.497 e. The summed E-state index contributed by atoms with van der Waals surface area (Å²) in [7, 11) is -0.557. The van der Waals surface area contributed by atoms with Crippen molar-refractivity contribution < 1.29 is 22.7 Å². The first-order valence-corrected chi connectivity index (χ1v) is 11.5. The minimum absolute atomic E-state index is 0.337. The van der Waals surface area contributed by atoms with Gasteiger partial charge in [-0.15, -0.1) is 0 Å². The third-order valence-corrected chi connectivity index (χ3v) is 6.43. The molecule has 0 unspecified atom stereocenters. The molecule has 0 aliphatic carbocycles. The number of anilines is 1. The van der Waals surface area contributed by atoms with Crippen molar-refractivity contribution in [2.24, 2.45) is 0 Å². The fraction of sp³-hybridized carbons (Fsp3) is 0.350. The number of amides is 1. The van der Waals surface area contributed by atoms with Gasteiger partial charge in [-0.3, -0.25) is 9.10 Å². The minimum atomic E-state index is -3.65. The summed E-state index contributed by atoms with van der Waals surface area (Å²) in [5.74, 6) is 0.792. The van der Waals surface area contributed by atoms with E-state index >= 15 is 0 Å². The summed E-state index contributed by atoms with van der Waals surface area (Å²) in [5.41, 5.74) is 2.02. The van der Waals surface area contributed by atoms with Gasteiger partial charge in [0.2, 0.25) is 15.9 Å². The van der Waals surface area contributed by atoms with E-state index in [-0.39, 0.29) is 6.54 Å².